The minimum atomic E-state index is 0.273. The molecule has 0 amide bonds. The number of hydrogen-bond donors (Lipinski definition) is 1. The molecule has 0 saturated heterocycles. The van der Waals surface area contributed by atoms with Crippen LogP contribution in [0.4, 0.5) is 0 Å². The van der Waals surface area contributed by atoms with Gasteiger partial charge in [-0.2, -0.15) is 0 Å². The molecule has 0 aliphatic rings. The van der Waals surface area contributed by atoms with E-state index in [-0.39, 0.29) is 5.75 Å². The average molecular weight is 308 g/mol. The molecule has 0 aliphatic heterocycles. The summed E-state index contributed by atoms with van der Waals surface area (Å²) in [6, 6.07) is 12.0. The van der Waals surface area contributed by atoms with E-state index in [0.29, 0.717) is 0 Å². The first kappa shape index (κ1) is 16.9. The van der Waals surface area contributed by atoms with Gasteiger partial charge >= 0.3 is 0 Å². The second-order valence-corrected chi connectivity index (χ2v) is 5.93. The van der Waals surface area contributed by atoms with Crippen molar-refractivity contribution in [3.05, 3.63) is 70.8 Å². The van der Waals surface area contributed by atoms with E-state index in [4.69, 9.17) is 4.74 Å². The van der Waals surface area contributed by atoms with E-state index in [0.717, 1.165) is 40.9 Å². The molecule has 0 saturated carbocycles. The summed E-state index contributed by atoms with van der Waals surface area (Å²) in [5.41, 5.74) is 5.20. The maximum atomic E-state index is 10.3. The van der Waals surface area contributed by atoms with Crippen LogP contribution in [0.5, 0.6) is 11.5 Å². The van der Waals surface area contributed by atoms with Crippen molar-refractivity contribution in [1.82, 2.24) is 0 Å². The third kappa shape index (κ3) is 4.75. The van der Waals surface area contributed by atoms with Crippen molar-refractivity contribution in [2.45, 2.75) is 26.7 Å². The Morgan fingerprint density at radius 2 is 1.91 bits per heavy atom. The summed E-state index contributed by atoms with van der Waals surface area (Å²) in [6.07, 6.45) is 5.59. The van der Waals surface area contributed by atoms with Crippen molar-refractivity contribution < 1.29 is 9.84 Å². The van der Waals surface area contributed by atoms with Crippen LogP contribution in [0.3, 0.4) is 0 Å². The standard InChI is InChI=1S/C21H24O2/c1-15(2)8-11-19-20(22)13-18(14-21(19)23-4)10-9-17-7-5-6-16(3)12-17/h5-7,9-10,12-14,22H,1,8,11H2,2-4H3. The minimum Gasteiger partial charge on any atom is -0.508 e. The fourth-order valence-electron chi connectivity index (χ4n) is 2.49. The van der Waals surface area contributed by atoms with Crippen molar-refractivity contribution in [2.75, 3.05) is 7.11 Å². The van der Waals surface area contributed by atoms with Crippen LogP contribution >= 0.6 is 0 Å². The van der Waals surface area contributed by atoms with Crippen LogP contribution < -0.4 is 4.74 Å². The van der Waals surface area contributed by atoms with Gasteiger partial charge in [0.1, 0.15) is 11.5 Å². The van der Waals surface area contributed by atoms with Crippen LogP contribution in [0.15, 0.2) is 48.6 Å². The maximum absolute atomic E-state index is 10.3. The van der Waals surface area contributed by atoms with Crippen molar-refractivity contribution in [3.63, 3.8) is 0 Å². The summed E-state index contributed by atoms with van der Waals surface area (Å²) < 4.78 is 5.45. The number of phenols is 1. The van der Waals surface area contributed by atoms with E-state index in [2.05, 4.69) is 31.7 Å². The van der Waals surface area contributed by atoms with Gasteiger partial charge in [-0.25, -0.2) is 0 Å². The van der Waals surface area contributed by atoms with Gasteiger partial charge in [-0.1, -0.05) is 47.6 Å². The van der Waals surface area contributed by atoms with Crippen molar-refractivity contribution in [3.8, 4) is 11.5 Å². The lowest BCUT2D eigenvalue weighted by molar-refractivity contribution is 0.399. The zero-order chi connectivity index (χ0) is 16.8. The van der Waals surface area contributed by atoms with E-state index in [1.807, 2.05) is 31.2 Å². The highest BCUT2D eigenvalue weighted by atomic mass is 16.5. The Bertz CT molecular complexity index is 727. The maximum Gasteiger partial charge on any atom is 0.126 e. The number of phenolic OH excluding ortho intramolecular Hbond substituents is 1. The lowest BCUT2D eigenvalue weighted by atomic mass is 10.0. The summed E-state index contributed by atoms with van der Waals surface area (Å²) in [5.74, 6) is 0.990. The molecule has 1 N–H and O–H groups in total. The fraction of sp³-hybridized carbons (Fsp3) is 0.238. The molecule has 2 heteroatoms. The second kappa shape index (κ2) is 7.68. The zero-order valence-corrected chi connectivity index (χ0v) is 14.1. The number of allylic oxidation sites excluding steroid dienone is 1. The third-order valence-corrected chi connectivity index (χ3v) is 3.74. The molecule has 0 fully saturated rings. The topological polar surface area (TPSA) is 29.5 Å². The van der Waals surface area contributed by atoms with Crippen molar-refractivity contribution in [1.29, 1.82) is 0 Å². The van der Waals surface area contributed by atoms with Gasteiger partial charge < -0.3 is 9.84 Å². The van der Waals surface area contributed by atoms with E-state index in [1.54, 1.807) is 13.2 Å². The molecule has 0 bridgehead atoms. The molecule has 0 radical (unpaired) electrons. The Labute approximate surface area is 138 Å². The molecular formula is C21H24O2. The number of methoxy groups -OCH3 is 1. The molecular weight excluding hydrogens is 284 g/mol. The van der Waals surface area contributed by atoms with Gasteiger partial charge in [0.05, 0.1) is 7.11 Å². The van der Waals surface area contributed by atoms with Gasteiger partial charge in [-0.3, -0.25) is 0 Å². The first-order valence-electron chi connectivity index (χ1n) is 7.78. The largest absolute Gasteiger partial charge is 0.508 e. The third-order valence-electron chi connectivity index (χ3n) is 3.74. The minimum absolute atomic E-state index is 0.273. The van der Waals surface area contributed by atoms with Gasteiger partial charge in [0.2, 0.25) is 0 Å². The van der Waals surface area contributed by atoms with Crippen LogP contribution in [0, 0.1) is 6.92 Å². The highest BCUT2D eigenvalue weighted by Gasteiger charge is 2.10. The number of hydrogen-bond acceptors (Lipinski definition) is 2. The van der Waals surface area contributed by atoms with Gasteiger partial charge in [-0.05, 0) is 49.9 Å². The number of aryl methyl sites for hydroxylation is 1. The second-order valence-electron chi connectivity index (χ2n) is 5.93. The number of aromatic hydroxyl groups is 1. The highest BCUT2D eigenvalue weighted by Crippen LogP contribution is 2.32. The molecule has 120 valence electrons. The predicted molar refractivity (Wildman–Crippen MR) is 97.9 cm³/mol. The van der Waals surface area contributed by atoms with Crippen LogP contribution in [-0.2, 0) is 6.42 Å². The van der Waals surface area contributed by atoms with E-state index >= 15 is 0 Å². The monoisotopic (exact) mass is 308 g/mol. The molecule has 2 rings (SSSR count). The van der Waals surface area contributed by atoms with E-state index in [1.165, 1.54) is 5.56 Å². The Kier molecular flexibility index (Phi) is 5.64. The first-order chi connectivity index (χ1) is 11.0. The normalized spacial score (nSPS) is 10.9. The van der Waals surface area contributed by atoms with E-state index < -0.39 is 0 Å². The molecule has 0 aromatic heterocycles. The van der Waals surface area contributed by atoms with Gasteiger partial charge in [0, 0.05) is 5.56 Å². The summed E-state index contributed by atoms with van der Waals surface area (Å²) >= 11 is 0. The Balaban J connectivity index is 2.26. The van der Waals surface area contributed by atoms with Gasteiger partial charge in [-0.15, -0.1) is 6.58 Å². The number of benzene rings is 2. The molecule has 23 heavy (non-hydrogen) atoms. The molecule has 0 atom stereocenters. The quantitative estimate of drug-likeness (QED) is 0.573. The predicted octanol–water partition coefficient (Wildman–Crippen LogP) is 5.39. The Morgan fingerprint density at radius 3 is 2.57 bits per heavy atom. The Morgan fingerprint density at radius 1 is 1.17 bits per heavy atom. The average Bonchev–Trinajstić information content (AvgIpc) is 2.51. The molecule has 2 aromatic carbocycles. The fourth-order valence-corrected chi connectivity index (χ4v) is 2.49. The van der Waals surface area contributed by atoms with E-state index in [9.17, 15) is 5.11 Å². The summed E-state index contributed by atoms with van der Waals surface area (Å²) in [5, 5.41) is 10.3. The lowest BCUT2D eigenvalue weighted by Crippen LogP contribution is -1.95. The van der Waals surface area contributed by atoms with Crippen molar-refractivity contribution in [2.24, 2.45) is 0 Å². The smallest absolute Gasteiger partial charge is 0.126 e. The number of ether oxygens (including phenoxy) is 1. The molecule has 0 spiro atoms. The zero-order valence-electron chi connectivity index (χ0n) is 14.1. The van der Waals surface area contributed by atoms with Crippen LogP contribution in [0.2, 0.25) is 0 Å². The van der Waals surface area contributed by atoms with Gasteiger partial charge in [0.15, 0.2) is 0 Å². The summed E-state index contributed by atoms with van der Waals surface area (Å²) in [6.45, 7) is 7.97. The van der Waals surface area contributed by atoms with Crippen molar-refractivity contribution >= 4 is 12.2 Å². The first-order valence-corrected chi connectivity index (χ1v) is 7.78. The summed E-state index contributed by atoms with van der Waals surface area (Å²) in [7, 11) is 1.63. The molecule has 0 aliphatic carbocycles. The Hall–Kier alpha value is -2.48. The highest BCUT2D eigenvalue weighted by molar-refractivity contribution is 5.72. The SMILES string of the molecule is C=C(C)CCc1c(O)cc(C=Cc2cccc(C)c2)cc1OC. The molecule has 0 unspecified atom stereocenters. The molecule has 2 aromatic rings. The molecule has 0 heterocycles. The van der Waals surface area contributed by atoms with Crippen LogP contribution in [0.1, 0.15) is 35.6 Å². The van der Waals surface area contributed by atoms with Crippen LogP contribution in [0.25, 0.3) is 12.2 Å². The van der Waals surface area contributed by atoms with Gasteiger partial charge in [0.25, 0.3) is 0 Å². The molecule has 2 nitrogen and oxygen atoms in total. The number of rotatable bonds is 6. The lowest BCUT2D eigenvalue weighted by Gasteiger charge is -2.12. The summed E-state index contributed by atoms with van der Waals surface area (Å²) in [4.78, 5) is 0. The van der Waals surface area contributed by atoms with Crippen LogP contribution in [-0.4, -0.2) is 12.2 Å².